The van der Waals surface area contributed by atoms with Gasteiger partial charge >= 0.3 is 0 Å². The van der Waals surface area contributed by atoms with Crippen LogP contribution in [0.4, 0.5) is 5.69 Å². The fourth-order valence-corrected chi connectivity index (χ4v) is 2.37. The lowest BCUT2D eigenvalue weighted by atomic mass is 10.0. The summed E-state index contributed by atoms with van der Waals surface area (Å²) in [6.45, 7) is 0. The van der Waals surface area contributed by atoms with Gasteiger partial charge in [-0.05, 0) is 36.6 Å². The van der Waals surface area contributed by atoms with Gasteiger partial charge in [-0.15, -0.1) is 0 Å². The topological polar surface area (TPSA) is 20.3 Å². The first-order chi connectivity index (χ1) is 7.86. The summed E-state index contributed by atoms with van der Waals surface area (Å²) in [7, 11) is 0. The molecule has 1 aromatic carbocycles. The van der Waals surface area contributed by atoms with E-state index in [1.807, 2.05) is 35.2 Å². The van der Waals surface area contributed by atoms with Crippen LogP contribution < -0.4 is 4.90 Å². The van der Waals surface area contributed by atoms with Gasteiger partial charge in [-0.25, -0.2) is 0 Å². The number of nitrogens with zero attached hydrogens (tertiary/aromatic N) is 1. The van der Waals surface area contributed by atoms with Crippen molar-refractivity contribution in [2.75, 3.05) is 4.90 Å². The molecule has 0 atom stereocenters. The number of carbonyl (C=O) groups is 1. The van der Waals surface area contributed by atoms with Gasteiger partial charge in [-0.3, -0.25) is 9.69 Å². The Kier molecular flexibility index (Phi) is 2.13. The second-order valence-electron chi connectivity index (χ2n) is 4.17. The summed E-state index contributed by atoms with van der Waals surface area (Å²) < 4.78 is 0. The van der Waals surface area contributed by atoms with Crippen molar-refractivity contribution in [2.24, 2.45) is 0 Å². The Hall–Kier alpha value is -1.83. The van der Waals surface area contributed by atoms with Gasteiger partial charge in [0, 0.05) is 11.4 Å². The van der Waals surface area contributed by atoms with Crippen molar-refractivity contribution in [2.45, 2.75) is 19.3 Å². The Morgan fingerprint density at radius 3 is 2.75 bits per heavy atom. The third-order valence-corrected chi connectivity index (χ3v) is 3.12. The van der Waals surface area contributed by atoms with Crippen molar-refractivity contribution in [1.29, 1.82) is 0 Å². The van der Waals surface area contributed by atoms with Gasteiger partial charge in [-0.2, -0.15) is 0 Å². The van der Waals surface area contributed by atoms with E-state index in [1.54, 1.807) is 0 Å². The van der Waals surface area contributed by atoms with Gasteiger partial charge < -0.3 is 0 Å². The molecule has 0 unspecified atom stereocenters. The molecule has 16 heavy (non-hydrogen) atoms. The van der Waals surface area contributed by atoms with Crippen molar-refractivity contribution < 1.29 is 4.79 Å². The van der Waals surface area contributed by atoms with Crippen LogP contribution in [0.3, 0.4) is 0 Å². The third-order valence-electron chi connectivity index (χ3n) is 3.12. The molecule has 1 aliphatic heterocycles. The highest BCUT2D eigenvalue weighted by Crippen LogP contribution is 2.35. The van der Waals surface area contributed by atoms with Crippen LogP contribution in [0.2, 0.25) is 0 Å². The van der Waals surface area contributed by atoms with Crippen LogP contribution in [0.15, 0.2) is 53.8 Å². The van der Waals surface area contributed by atoms with Crippen LogP contribution in [-0.4, -0.2) is 5.91 Å². The molecule has 1 heterocycles. The maximum absolute atomic E-state index is 12.0. The van der Waals surface area contributed by atoms with Crippen LogP contribution in [0.25, 0.3) is 0 Å². The van der Waals surface area contributed by atoms with Crippen LogP contribution in [0.1, 0.15) is 19.3 Å². The first-order valence-corrected chi connectivity index (χ1v) is 5.63. The summed E-state index contributed by atoms with van der Waals surface area (Å²) in [4.78, 5) is 13.8. The minimum atomic E-state index is 0.197. The summed E-state index contributed by atoms with van der Waals surface area (Å²) in [5, 5.41) is 0. The Morgan fingerprint density at radius 2 is 1.94 bits per heavy atom. The number of carbonyl (C=O) groups excluding carboxylic acids is 1. The number of para-hydroxylation sites is 1. The van der Waals surface area contributed by atoms with Gasteiger partial charge in [0.1, 0.15) is 0 Å². The van der Waals surface area contributed by atoms with Crippen molar-refractivity contribution in [3.63, 3.8) is 0 Å². The summed E-state index contributed by atoms with van der Waals surface area (Å²) in [5.74, 6) is 0.197. The van der Waals surface area contributed by atoms with Gasteiger partial charge in [0.2, 0.25) is 5.91 Å². The number of allylic oxidation sites excluding steroid dienone is 2. The molecular formula is C14H13NO. The second kappa shape index (κ2) is 3.63. The molecule has 0 radical (unpaired) electrons. The molecular weight excluding hydrogens is 198 g/mol. The lowest BCUT2D eigenvalue weighted by Crippen LogP contribution is -2.23. The predicted octanol–water partition coefficient (Wildman–Crippen LogP) is 3.03. The zero-order chi connectivity index (χ0) is 11.0. The van der Waals surface area contributed by atoms with Gasteiger partial charge in [0.05, 0.1) is 6.42 Å². The number of amides is 1. The molecule has 3 rings (SSSR count). The standard InChI is InChI=1S/C14H13NO/c16-14-10-11-6-4-5-9-13(11)15(14)12-7-2-1-3-8-12/h1-3,5,7-9H,4,6,10H2. The molecule has 1 amide bonds. The van der Waals surface area contributed by atoms with E-state index in [4.69, 9.17) is 0 Å². The van der Waals surface area contributed by atoms with E-state index < -0.39 is 0 Å². The first kappa shape index (κ1) is 9.40. The van der Waals surface area contributed by atoms with Gasteiger partial charge in [0.25, 0.3) is 0 Å². The highest BCUT2D eigenvalue weighted by atomic mass is 16.2. The number of hydrogen-bond acceptors (Lipinski definition) is 1. The first-order valence-electron chi connectivity index (χ1n) is 5.63. The molecule has 0 saturated carbocycles. The van der Waals surface area contributed by atoms with Crippen molar-refractivity contribution in [3.8, 4) is 0 Å². The maximum Gasteiger partial charge on any atom is 0.235 e. The minimum absolute atomic E-state index is 0.197. The second-order valence-corrected chi connectivity index (χ2v) is 4.17. The van der Waals surface area contributed by atoms with Gasteiger partial charge in [-0.1, -0.05) is 24.3 Å². The van der Waals surface area contributed by atoms with E-state index >= 15 is 0 Å². The number of rotatable bonds is 1. The fourth-order valence-electron chi connectivity index (χ4n) is 2.37. The summed E-state index contributed by atoms with van der Waals surface area (Å²) in [6, 6.07) is 9.87. The Balaban J connectivity index is 2.04. The third kappa shape index (κ3) is 1.38. The summed E-state index contributed by atoms with van der Waals surface area (Å²) in [6.07, 6.45) is 6.91. The molecule has 2 aliphatic rings. The average molecular weight is 211 g/mol. The fraction of sp³-hybridized carbons (Fsp3) is 0.214. The Labute approximate surface area is 94.9 Å². The van der Waals surface area contributed by atoms with E-state index in [1.165, 1.54) is 5.57 Å². The lowest BCUT2D eigenvalue weighted by molar-refractivity contribution is -0.116. The zero-order valence-corrected chi connectivity index (χ0v) is 9.02. The smallest absolute Gasteiger partial charge is 0.235 e. The molecule has 0 fully saturated rings. The van der Waals surface area contributed by atoms with E-state index in [0.717, 1.165) is 24.2 Å². The summed E-state index contributed by atoms with van der Waals surface area (Å²) >= 11 is 0. The molecule has 2 nitrogen and oxygen atoms in total. The number of hydrogen-bond donors (Lipinski definition) is 0. The number of benzene rings is 1. The van der Waals surface area contributed by atoms with E-state index in [0.29, 0.717) is 6.42 Å². The highest BCUT2D eigenvalue weighted by Gasteiger charge is 2.30. The monoisotopic (exact) mass is 211 g/mol. The van der Waals surface area contributed by atoms with E-state index in [2.05, 4.69) is 12.2 Å². The van der Waals surface area contributed by atoms with Crippen molar-refractivity contribution >= 4 is 11.6 Å². The normalized spacial score (nSPS) is 19.2. The lowest BCUT2D eigenvalue weighted by Gasteiger charge is -2.19. The van der Waals surface area contributed by atoms with Crippen LogP contribution >= 0.6 is 0 Å². The highest BCUT2D eigenvalue weighted by molar-refractivity contribution is 6.02. The molecule has 0 spiro atoms. The van der Waals surface area contributed by atoms with E-state index in [-0.39, 0.29) is 5.91 Å². The molecule has 2 heteroatoms. The Morgan fingerprint density at radius 1 is 1.12 bits per heavy atom. The molecule has 0 bridgehead atoms. The van der Waals surface area contributed by atoms with Crippen LogP contribution in [0.5, 0.6) is 0 Å². The predicted molar refractivity (Wildman–Crippen MR) is 63.9 cm³/mol. The molecule has 1 aliphatic carbocycles. The molecule has 0 aromatic heterocycles. The minimum Gasteiger partial charge on any atom is -0.281 e. The quantitative estimate of drug-likeness (QED) is 0.699. The van der Waals surface area contributed by atoms with Gasteiger partial charge in [0.15, 0.2) is 0 Å². The molecule has 80 valence electrons. The maximum atomic E-state index is 12.0. The number of anilines is 1. The zero-order valence-electron chi connectivity index (χ0n) is 9.02. The largest absolute Gasteiger partial charge is 0.281 e. The molecule has 0 saturated heterocycles. The summed E-state index contributed by atoms with van der Waals surface area (Å²) in [5.41, 5.74) is 3.36. The van der Waals surface area contributed by atoms with Crippen molar-refractivity contribution in [1.82, 2.24) is 0 Å². The van der Waals surface area contributed by atoms with E-state index in [9.17, 15) is 4.79 Å². The van der Waals surface area contributed by atoms with Crippen LogP contribution in [-0.2, 0) is 4.79 Å². The average Bonchev–Trinajstić information content (AvgIpc) is 2.66. The SMILES string of the molecule is O=C1CC2=C(C=CCC2)N1c1ccccc1. The van der Waals surface area contributed by atoms with Crippen LogP contribution in [0, 0.1) is 0 Å². The molecule has 0 N–H and O–H groups in total. The van der Waals surface area contributed by atoms with Crippen molar-refractivity contribution in [3.05, 3.63) is 53.8 Å². The molecule has 1 aromatic rings. The Bertz CT molecular complexity index is 485.